The van der Waals surface area contributed by atoms with Crippen molar-refractivity contribution in [3.63, 3.8) is 0 Å². The van der Waals surface area contributed by atoms with Crippen molar-refractivity contribution >= 4 is 40.5 Å². The summed E-state index contributed by atoms with van der Waals surface area (Å²) in [5.41, 5.74) is 4.55. The number of fused-ring (bicyclic) bond motifs is 1. The molecule has 1 saturated carbocycles. The molecule has 5 rings (SSSR count). The largest absolute Gasteiger partial charge is 0.493 e. The summed E-state index contributed by atoms with van der Waals surface area (Å²) in [6.45, 7) is 2.16. The third-order valence-corrected chi connectivity index (χ3v) is 7.61. The van der Waals surface area contributed by atoms with Crippen LogP contribution < -0.4 is 15.5 Å². The van der Waals surface area contributed by atoms with E-state index in [0.717, 1.165) is 35.0 Å². The van der Waals surface area contributed by atoms with Gasteiger partial charge in [-0.15, -0.1) is 0 Å². The third-order valence-electron chi connectivity index (χ3n) is 7.61. The fourth-order valence-electron chi connectivity index (χ4n) is 5.04. The van der Waals surface area contributed by atoms with E-state index < -0.39 is 41.9 Å². The van der Waals surface area contributed by atoms with Crippen LogP contribution in [0, 0.1) is 24.7 Å². The smallest absolute Gasteiger partial charge is 0.489 e. The number of benzene rings is 2. The van der Waals surface area contributed by atoms with Crippen LogP contribution in [0.1, 0.15) is 30.5 Å². The van der Waals surface area contributed by atoms with Gasteiger partial charge in [-0.3, -0.25) is 14.6 Å². The highest BCUT2D eigenvalue weighted by Crippen LogP contribution is 2.31. The van der Waals surface area contributed by atoms with Gasteiger partial charge < -0.3 is 24.5 Å². The molecule has 2 aromatic carbocycles. The molecule has 3 amide bonds. The fraction of sp³-hybridized carbons (Fsp3) is 0.387. The Kier molecular flexibility index (Phi) is 9.40. The number of hydroxylamine groups is 1. The molecule has 1 aliphatic carbocycles. The number of carbonyl (C=O) groups is 4. The molecular formula is C31H31F3N4O7. The van der Waals surface area contributed by atoms with Gasteiger partial charge in [-0.25, -0.2) is 9.59 Å². The maximum atomic E-state index is 13.3. The molecule has 2 aliphatic rings. The van der Waals surface area contributed by atoms with E-state index in [-0.39, 0.29) is 38.6 Å². The highest BCUT2D eigenvalue weighted by molar-refractivity contribution is 5.96. The Morgan fingerprint density at radius 1 is 0.978 bits per heavy atom. The topological polar surface area (TPSA) is 136 Å². The van der Waals surface area contributed by atoms with Gasteiger partial charge in [0.25, 0.3) is 5.91 Å². The van der Waals surface area contributed by atoms with Crippen LogP contribution in [0.25, 0.3) is 10.9 Å². The number of amides is 3. The second kappa shape index (κ2) is 13.4. The standard InChI is InChI=1S/C31H31F3N4O7/c1-18-14-20(23-4-2-3-5-26(23)35-18)17-43-22-10-8-21(9-11-22)36-27(39)24-12-13-38(30(42)44-16-19-6-7-19)15-25(24)28(40)37-45-29(41)31(32,33)34/h2-5,8-11,14,19,24-25H,6-7,12-13,15-17H2,1H3,(H,36,39)(H,37,40). The fourth-order valence-corrected chi connectivity index (χ4v) is 5.04. The average Bonchev–Trinajstić information content (AvgIpc) is 3.85. The Morgan fingerprint density at radius 2 is 1.71 bits per heavy atom. The molecule has 1 saturated heterocycles. The molecule has 1 aromatic heterocycles. The van der Waals surface area contributed by atoms with Gasteiger partial charge in [-0.1, -0.05) is 18.2 Å². The average molecular weight is 629 g/mol. The van der Waals surface area contributed by atoms with Crippen LogP contribution in [0.15, 0.2) is 54.6 Å². The number of carbonyl (C=O) groups excluding carboxylic acids is 4. The molecule has 2 atom stereocenters. The lowest BCUT2D eigenvalue weighted by molar-refractivity contribution is -0.208. The highest BCUT2D eigenvalue weighted by atomic mass is 19.4. The normalized spacial score (nSPS) is 18.2. The van der Waals surface area contributed by atoms with Crippen LogP contribution >= 0.6 is 0 Å². The zero-order valence-corrected chi connectivity index (χ0v) is 24.3. The second-order valence-electron chi connectivity index (χ2n) is 11.1. The van der Waals surface area contributed by atoms with Crippen molar-refractivity contribution in [2.45, 2.75) is 39.0 Å². The third kappa shape index (κ3) is 8.19. The van der Waals surface area contributed by atoms with E-state index in [2.05, 4.69) is 15.1 Å². The van der Waals surface area contributed by atoms with E-state index in [1.807, 2.05) is 37.3 Å². The maximum absolute atomic E-state index is 13.3. The molecule has 14 heteroatoms. The zero-order chi connectivity index (χ0) is 32.1. The number of anilines is 1. The number of aryl methyl sites for hydroxylation is 1. The number of halogens is 3. The van der Waals surface area contributed by atoms with Gasteiger partial charge in [0.2, 0.25) is 5.91 Å². The number of likely N-dealkylation sites (tertiary alicyclic amines) is 1. The molecule has 2 unspecified atom stereocenters. The van der Waals surface area contributed by atoms with Gasteiger partial charge in [0.15, 0.2) is 0 Å². The Balaban J connectivity index is 1.22. The zero-order valence-electron chi connectivity index (χ0n) is 24.3. The number of para-hydroxylation sites is 1. The van der Waals surface area contributed by atoms with Crippen molar-refractivity contribution in [1.29, 1.82) is 0 Å². The molecule has 45 heavy (non-hydrogen) atoms. The number of alkyl halides is 3. The van der Waals surface area contributed by atoms with E-state index in [1.54, 1.807) is 24.3 Å². The summed E-state index contributed by atoms with van der Waals surface area (Å²) in [5, 5.41) is 3.68. The van der Waals surface area contributed by atoms with Crippen molar-refractivity contribution in [2.24, 2.45) is 17.8 Å². The summed E-state index contributed by atoms with van der Waals surface area (Å²) in [6.07, 6.45) is -4.14. The SMILES string of the molecule is Cc1cc(COc2ccc(NC(=O)C3CCN(C(=O)OCC4CC4)CC3C(=O)NOC(=O)C(F)(F)F)cc2)c2ccccc2n1. The minimum Gasteiger partial charge on any atom is -0.489 e. The summed E-state index contributed by atoms with van der Waals surface area (Å²) in [7, 11) is 0. The molecule has 1 aliphatic heterocycles. The summed E-state index contributed by atoms with van der Waals surface area (Å²) < 4.78 is 49.0. The first-order valence-corrected chi connectivity index (χ1v) is 14.4. The summed E-state index contributed by atoms with van der Waals surface area (Å²) >= 11 is 0. The van der Waals surface area contributed by atoms with Crippen molar-refractivity contribution in [3.05, 3.63) is 65.9 Å². The maximum Gasteiger partial charge on any atom is 0.493 e. The van der Waals surface area contributed by atoms with Crippen LogP contribution in [0.5, 0.6) is 5.75 Å². The van der Waals surface area contributed by atoms with Gasteiger partial charge in [0.05, 0.1) is 24.0 Å². The Morgan fingerprint density at radius 3 is 2.42 bits per heavy atom. The van der Waals surface area contributed by atoms with Gasteiger partial charge in [0, 0.05) is 35.4 Å². The van der Waals surface area contributed by atoms with Crippen LogP contribution in [-0.2, 0) is 30.6 Å². The Hall–Kier alpha value is -4.88. The predicted octanol–water partition coefficient (Wildman–Crippen LogP) is 4.68. The predicted molar refractivity (Wildman–Crippen MR) is 153 cm³/mol. The first-order chi connectivity index (χ1) is 21.5. The number of aromatic nitrogens is 1. The lowest BCUT2D eigenvalue weighted by atomic mass is 9.84. The van der Waals surface area contributed by atoms with E-state index >= 15 is 0 Å². The number of rotatable bonds is 8. The highest BCUT2D eigenvalue weighted by Gasteiger charge is 2.44. The Bertz CT molecular complexity index is 1580. The lowest BCUT2D eigenvalue weighted by Gasteiger charge is -2.36. The Labute approximate surface area is 256 Å². The van der Waals surface area contributed by atoms with Gasteiger partial charge in [-0.05, 0) is 68.5 Å². The van der Waals surface area contributed by atoms with Crippen LogP contribution in [0.4, 0.5) is 23.7 Å². The minimum absolute atomic E-state index is 0.0101. The van der Waals surface area contributed by atoms with E-state index in [4.69, 9.17) is 9.47 Å². The van der Waals surface area contributed by atoms with E-state index in [0.29, 0.717) is 11.4 Å². The summed E-state index contributed by atoms with van der Waals surface area (Å²) in [5.74, 6) is -5.94. The molecular weight excluding hydrogens is 597 g/mol. The summed E-state index contributed by atoms with van der Waals surface area (Å²) in [4.78, 5) is 59.4. The van der Waals surface area contributed by atoms with E-state index in [9.17, 15) is 32.3 Å². The molecule has 238 valence electrons. The van der Waals surface area contributed by atoms with Crippen molar-refractivity contribution in [1.82, 2.24) is 15.4 Å². The molecule has 2 N–H and O–H groups in total. The number of piperidine rings is 1. The van der Waals surface area contributed by atoms with Crippen molar-refractivity contribution < 1.29 is 46.7 Å². The summed E-state index contributed by atoms with van der Waals surface area (Å²) in [6, 6.07) is 16.2. The molecule has 0 radical (unpaired) electrons. The molecule has 11 nitrogen and oxygen atoms in total. The molecule has 2 heterocycles. The van der Waals surface area contributed by atoms with Crippen LogP contribution in [0.3, 0.4) is 0 Å². The number of nitrogens with one attached hydrogen (secondary N) is 2. The number of nitrogens with zero attached hydrogens (tertiary/aromatic N) is 2. The number of hydrogen-bond acceptors (Lipinski definition) is 8. The van der Waals surface area contributed by atoms with E-state index in [1.165, 1.54) is 10.4 Å². The number of pyridine rings is 1. The monoisotopic (exact) mass is 628 g/mol. The van der Waals surface area contributed by atoms with Crippen LogP contribution in [0.2, 0.25) is 0 Å². The van der Waals surface area contributed by atoms with Gasteiger partial charge in [0.1, 0.15) is 12.4 Å². The quantitative estimate of drug-likeness (QED) is 0.343. The van der Waals surface area contributed by atoms with Crippen molar-refractivity contribution in [2.75, 3.05) is 25.0 Å². The first kappa shape index (κ1) is 31.5. The number of ether oxygens (including phenoxy) is 2. The molecule has 0 bridgehead atoms. The lowest BCUT2D eigenvalue weighted by Crippen LogP contribution is -2.53. The minimum atomic E-state index is -5.34. The van der Waals surface area contributed by atoms with Crippen molar-refractivity contribution in [3.8, 4) is 5.75 Å². The molecule has 0 spiro atoms. The van der Waals surface area contributed by atoms with Gasteiger partial charge in [-0.2, -0.15) is 18.7 Å². The first-order valence-electron chi connectivity index (χ1n) is 14.4. The molecule has 2 fully saturated rings. The van der Waals surface area contributed by atoms with Crippen LogP contribution in [-0.4, -0.2) is 59.6 Å². The van der Waals surface area contributed by atoms with Gasteiger partial charge >= 0.3 is 18.2 Å². The molecule has 3 aromatic rings. The number of hydrogen-bond donors (Lipinski definition) is 2. The second-order valence-corrected chi connectivity index (χ2v) is 11.1.